The molecule has 76 valence electrons. The third kappa shape index (κ3) is 3.18. The number of nitrogens with zero attached hydrogens (tertiary/aromatic N) is 1. The van der Waals surface area contributed by atoms with E-state index in [1.165, 1.54) is 5.56 Å². The minimum Gasteiger partial charge on any atom is -0.372 e. The predicted molar refractivity (Wildman–Crippen MR) is 59.2 cm³/mol. The van der Waals surface area contributed by atoms with Crippen LogP contribution in [0.4, 0.5) is 0 Å². The lowest BCUT2D eigenvalue weighted by molar-refractivity contribution is 0.107. The lowest BCUT2D eigenvalue weighted by Gasteiger charge is -2.03. The molecule has 2 nitrogen and oxygen atoms in total. The predicted octanol–water partition coefficient (Wildman–Crippen LogP) is 2.80. The molecular formula is C13H13NO. The summed E-state index contributed by atoms with van der Waals surface area (Å²) in [5.41, 5.74) is 2.35. The molecule has 0 N–H and O–H groups in total. The number of pyridine rings is 1. The molecule has 0 amide bonds. The van der Waals surface area contributed by atoms with E-state index in [2.05, 4.69) is 17.1 Å². The quantitative estimate of drug-likeness (QED) is 0.755. The Kier molecular flexibility index (Phi) is 3.47. The fourth-order valence-electron chi connectivity index (χ4n) is 1.34. The molecule has 0 saturated heterocycles. The molecule has 2 aromatic rings. The summed E-state index contributed by atoms with van der Waals surface area (Å²) in [5, 5.41) is 0. The summed E-state index contributed by atoms with van der Waals surface area (Å²) in [6.45, 7) is 1.29. The smallest absolute Gasteiger partial charge is 0.0722 e. The van der Waals surface area contributed by atoms with Crippen LogP contribution in [0.5, 0.6) is 0 Å². The molecular weight excluding hydrogens is 186 g/mol. The highest BCUT2D eigenvalue weighted by molar-refractivity contribution is 5.13. The summed E-state index contributed by atoms with van der Waals surface area (Å²) < 4.78 is 5.58. The van der Waals surface area contributed by atoms with Crippen molar-refractivity contribution in [2.75, 3.05) is 0 Å². The number of hydrogen-bond donors (Lipinski definition) is 0. The second-order valence-electron chi connectivity index (χ2n) is 3.33. The Balaban J connectivity index is 1.81. The highest BCUT2D eigenvalue weighted by atomic mass is 16.5. The van der Waals surface area contributed by atoms with Crippen LogP contribution in [0, 0.1) is 0 Å². The van der Waals surface area contributed by atoms with Crippen molar-refractivity contribution >= 4 is 0 Å². The van der Waals surface area contributed by atoms with Gasteiger partial charge in [0.25, 0.3) is 0 Å². The number of benzene rings is 1. The average molecular weight is 199 g/mol. The number of ether oxygens (including phenoxy) is 1. The maximum atomic E-state index is 5.58. The minimum atomic E-state index is 0.636. The third-order valence-corrected chi connectivity index (χ3v) is 2.13. The van der Waals surface area contributed by atoms with Crippen molar-refractivity contribution in [2.45, 2.75) is 13.2 Å². The molecule has 0 aliphatic carbocycles. The summed E-state index contributed by atoms with van der Waals surface area (Å²) in [7, 11) is 0. The van der Waals surface area contributed by atoms with Crippen LogP contribution in [0.15, 0.2) is 54.9 Å². The monoisotopic (exact) mass is 199 g/mol. The topological polar surface area (TPSA) is 22.1 Å². The number of aromatic nitrogens is 1. The molecule has 0 fully saturated rings. The Hall–Kier alpha value is -1.67. The van der Waals surface area contributed by atoms with Gasteiger partial charge < -0.3 is 4.74 Å². The Morgan fingerprint density at radius 2 is 1.40 bits per heavy atom. The summed E-state index contributed by atoms with van der Waals surface area (Å²) >= 11 is 0. The standard InChI is InChI=1S/C13H13NO/c1-2-4-12(5-3-1)10-15-11-13-6-8-14-9-7-13/h1-9H,10-11H2. The molecule has 0 bridgehead atoms. The van der Waals surface area contributed by atoms with Crippen LogP contribution in [-0.4, -0.2) is 4.98 Å². The second kappa shape index (κ2) is 5.27. The first-order valence-corrected chi connectivity index (χ1v) is 4.96. The van der Waals surface area contributed by atoms with Gasteiger partial charge in [-0.25, -0.2) is 0 Å². The molecule has 2 rings (SSSR count). The van der Waals surface area contributed by atoms with Crippen LogP contribution in [-0.2, 0) is 18.0 Å². The molecule has 0 aliphatic rings. The van der Waals surface area contributed by atoms with E-state index in [0.29, 0.717) is 13.2 Å². The van der Waals surface area contributed by atoms with E-state index in [-0.39, 0.29) is 0 Å². The molecule has 1 aromatic carbocycles. The molecule has 0 atom stereocenters. The zero-order chi connectivity index (χ0) is 10.3. The van der Waals surface area contributed by atoms with E-state index >= 15 is 0 Å². The zero-order valence-corrected chi connectivity index (χ0v) is 8.47. The van der Waals surface area contributed by atoms with Crippen molar-refractivity contribution in [1.29, 1.82) is 0 Å². The van der Waals surface area contributed by atoms with Gasteiger partial charge in [-0.3, -0.25) is 4.98 Å². The molecule has 0 unspecified atom stereocenters. The lowest BCUT2D eigenvalue weighted by atomic mass is 10.2. The first kappa shape index (κ1) is 9.87. The van der Waals surface area contributed by atoms with Gasteiger partial charge >= 0.3 is 0 Å². The first-order valence-electron chi connectivity index (χ1n) is 4.96. The number of rotatable bonds is 4. The van der Waals surface area contributed by atoms with Gasteiger partial charge in [-0.2, -0.15) is 0 Å². The van der Waals surface area contributed by atoms with E-state index in [1.54, 1.807) is 12.4 Å². The SMILES string of the molecule is c1ccc(COCc2ccncc2)cc1. The van der Waals surface area contributed by atoms with Gasteiger partial charge in [0, 0.05) is 12.4 Å². The van der Waals surface area contributed by atoms with Crippen molar-refractivity contribution in [3.05, 3.63) is 66.0 Å². The molecule has 15 heavy (non-hydrogen) atoms. The van der Waals surface area contributed by atoms with Gasteiger partial charge in [-0.05, 0) is 23.3 Å². The lowest BCUT2D eigenvalue weighted by Crippen LogP contribution is -1.93. The normalized spacial score (nSPS) is 10.1. The van der Waals surface area contributed by atoms with Gasteiger partial charge in [-0.1, -0.05) is 30.3 Å². The third-order valence-electron chi connectivity index (χ3n) is 2.13. The highest BCUT2D eigenvalue weighted by Crippen LogP contribution is 2.04. The van der Waals surface area contributed by atoms with Gasteiger partial charge in [0.05, 0.1) is 13.2 Å². The Bertz CT molecular complexity index is 346. The average Bonchev–Trinajstić information content (AvgIpc) is 2.32. The van der Waals surface area contributed by atoms with Gasteiger partial charge in [-0.15, -0.1) is 0 Å². The van der Waals surface area contributed by atoms with Crippen molar-refractivity contribution in [3.8, 4) is 0 Å². The molecule has 2 heteroatoms. The largest absolute Gasteiger partial charge is 0.372 e. The van der Waals surface area contributed by atoms with Crippen LogP contribution in [0.3, 0.4) is 0 Å². The zero-order valence-electron chi connectivity index (χ0n) is 8.47. The van der Waals surface area contributed by atoms with Crippen molar-refractivity contribution in [2.24, 2.45) is 0 Å². The van der Waals surface area contributed by atoms with Gasteiger partial charge in [0.2, 0.25) is 0 Å². The van der Waals surface area contributed by atoms with E-state index in [9.17, 15) is 0 Å². The van der Waals surface area contributed by atoms with E-state index in [4.69, 9.17) is 4.74 Å². The highest BCUT2D eigenvalue weighted by Gasteiger charge is 1.93. The van der Waals surface area contributed by atoms with Crippen LogP contribution in [0.25, 0.3) is 0 Å². The summed E-state index contributed by atoms with van der Waals surface area (Å²) in [6, 6.07) is 14.1. The van der Waals surface area contributed by atoms with E-state index in [0.717, 1.165) is 5.56 Å². The Labute approximate surface area is 89.6 Å². The second-order valence-corrected chi connectivity index (χ2v) is 3.33. The summed E-state index contributed by atoms with van der Waals surface area (Å²) in [5.74, 6) is 0. The molecule has 0 spiro atoms. The Morgan fingerprint density at radius 1 is 0.800 bits per heavy atom. The van der Waals surface area contributed by atoms with Crippen molar-refractivity contribution < 1.29 is 4.74 Å². The number of hydrogen-bond acceptors (Lipinski definition) is 2. The maximum absolute atomic E-state index is 5.58. The summed E-state index contributed by atoms with van der Waals surface area (Å²) in [6.07, 6.45) is 3.56. The molecule has 1 aromatic heterocycles. The van der Waals surface area contributed by atoms with Crippen LogP contribution in [0.2, 0.25) is 0 Å². The van der Waals surface area contributed by atoms with Crippen LogP contribution >= 0.6 is 0 Å². The molecule has 0 aliphatic heterocycles. The minimum absolute atomic E-state index is 0.636. The van der Waals surface area contributed by atoms with Crippen molar-refractivity contribution in [1.82, 2.24) is 4.98 Å². The van der Waals surface area contributed by atoms with E-state index in [1.807, 2.05) is 30.3 Å². The van der Waals surface area contributed by atoms with E-state index < -0.39 is 0 Å². The molecule has 0 radical (unpaired) electrons. The Morgan fingerprint density at radius 3 is 2.07 bits per heavy atom. The van der Waals surface area contributed by atoms with Gasteiger partial charge in [0.1, 0.15) is 0 Å². The fourth-order valence-corrected chi connectivity index (χ4v) is 1.34. The van der Waals surface area contributed by atoms with Crippen molar-refractivity contribution in [3.63, 3.8) is 0 Å². The fraction of sp³-hybridized carbons (Fsp3) is 0.154. The first-order chi connectivity index (χ1) is 7.45. The van der Waals surface area contributed by atoms with Crippen LogP contribution in [0.1, 0.15) is 11.1 Å². The summed E-state index contributed by atoms with van der Waals surface area (Å²) in [4.78, 5) is 3.96. The maximum Gasteiger partial charge on any atom is 0.0722 e. The van der Waals surface area contributed by atoms with Gasteiger partial charge in [0.15, 0.2) is 0 Å². The molecule has 0 saturated carbocycles. The molecule has 1 heterocycles. The van der Waals surface area contributed by atoms with Crippen LogP contribution < -0.4 is 0 Å².